The van der Waals surface area contributed by atoms with E-state index >= 15 is 0 Å². The number of carbonyl (C=O) groups is 1. The fraction of sp³-hybridized carbons (Fsp3) is 0.611. The standard InChI is InChI=1S/C18H27BrN2O.ClH/c1-18(2,15-5-4-6-16(19)13-15)17(22)21-11-8-14(9-12-21)7-10-20-3;/h4-6,13-14,20H,7-12H2,1-3H3;1H. The van der Waals surface area contributed by atoms with E-state index in [9.17, 15) is 4.79 Å². The quantitative estimate of drug-likeness (QED) is 0.806. The van der Waals surface area contributed by atoms with Gasteiger partial charge < -0.3 is 10.2 Å². The van der Waals surface area contributed by atoms with Gasteiger partial charge in [-0.2, -0.15) is 0 Å². The molecule has 0 spiro atoms. The molecule has 0 aliphatic carbocycles. The molecule has 23 heavy (non-hydrogen) atoms. The van der Waals surface area contributed by atoms with Gasteiger partial charge in [0.2, 0.25) is 5.91 Å². The first-order valence-electron chi connectivity index (χ1n) is 8.15. The lowest BCUT2D eigenvalue weighted by atomic mass is 9.82. The largest absolute Gasteiger partial charge is 0.342 e. The minimum absolute atomic E-state index is 0. The van der Waals surface area contributed by atoms with Crippen LogP contribution in [0.25, 0.3) is 0 Å². The number of nitrogens with zero attached hydrogens (tertiary/aromatic N) is 1. The molecule has 5 heteroatoms. The maximum Gasteiger partial charge on any atom is 0.232 e. The van der Waals surface area contributed by atoms with E-state index in [2.05, 4.69) is 32.2 Å². The van der Waals surface area contributed by atoms with Gasteiger partial charge in [-0.3, -0.25) is 4.79 Å². The molecule has 130 valence electrons. The van der Waals surface area contributed by atoms with E-state index in [4.69, 9.17) is 0 Å². The summed E-state index contributed by atoms with van der Waals surface area (Å²) in [4.78, 5) is 15.0. The number of hydrogen-bond acceptors (Lipinski definition) is 2. The average Bonchev–Trinajstić information content (AvgIpc) is 2.52. The highest BCUT2D eigenvalue weighted by Crippen LogP contribution is 2.30. The average molecular weight is 404 g/mol. The molecule has 1 aliphatic heterocycles. The Hall–Kier alpha value is -0.580. The summed E-state index contributed by atoms with van der Waals surface area (Å²) in [6.45, 7) is 6.92. The van der Waals surface area contributed by atoms with Crippen molar-refractivity contribution in [2.75, 3.05) is 26.7 Å². The molecule has 0 radical (unpaired) electrons. The van der Waals surface area contributed by atoms with Gasteiger partial charge in [0.05, 0.1) is 5.41 Å². The Labute approximate surface area is 154 Å². The molecular formula is C18H28BrClN2O. The maximum atomic E-state index is 13.0. The highest BCUT2D eigenvalue weighted by atomic mass is 79.9. The van der Waals surface area contributed by atoms with E-state index in [0.717, 1.165) is 48.4 Å². The predicted molar refractivity (Wildman–Crippen MR) is 102 cm³/mol. The molecule has 0 aromatic heterocycles. The lowest BCUT2D eigenvalue weighted by Gasteiger charge is -2.37. The van der Waals surface area contributed by atoms with Crippen LogP contribution in [0.3, 0.4) is 0 Å². The molecule has 1 heterocycles. The third kappa shape index (κ3) is 5.20. The molecule has 0 bridgehead atoms. The van der Waals surface area contributed by atoms with Crippen LogP contribution < -0.4 is 5.32 Å². The number of rotatable bonds is 5. The number of piperidine rings is 1. The van der Waals surface area contributed by atoms with Crippen LogP contribution in [-0.4, -0.2) is 37.5 Å². The summed E-state index contributed by atoms with van der Waals surface area (Å²) in [6.07, 6.45) is 3.47. The van der Waals surface area contributed by atoms with Gasteiger partial charge in [0.15, 0.2) is 0 Å². The summed E-state index contributed by atoms with van der Waals surface area (Å²) in [5.41, 5.74) is 0.603. The fourth-order valence-corrected chi connectivity index (χ4v) is 3.57. The van der Waals surface area contributed by atoms with Gasteiger partial charge in [0.25, 0.3) is 0 Å². The molecule has 1 N–H and O–H groups in total. The predicted octanol–water partition coefficient (Wildman–Crippen LogP) is 4.00. The van der Waals surface area contributed by atoms with Crippen molar-refractivity contribution in [3.63, 3.8) is 0 Å². The van der Waals surface area contributed by atoms with E-state index in [1.54, 1.807) is 0 Å². The van der Waals surface area contributed by atoms with Gasteiger partial charge in [-0.05, 0) is 70.3 Å². The van der Waals surface area contributed by atoms with Crippen molar-refractivity contribution < 1.29 is 4.79 Å². The fourth-order valence-electron chi connectivity index (χ4n) is 3.17. The van der Waals surface area contributed by atoms with Crippen molar-refractivity contribution in [3.05, 3.63) is 34.3 Å². The topological polar surface area (TPSA) is 32.3 Å². The Balaban J connectivity index is 0.00000264. The lowest BCUT2D eigenvalue weighted by molar-refractivity contribution is -0.137. The molecular weight excluding hydrogens is 376 g/mol. The van der Waals surface area contributed by atoms with Crippen molar-refractivity contribution >= 4 is 34.2 Å². The Kier molecular flexibility index (Phi) is 8.05. The molecule has 1 fully saturated rings. The van der Waals surface area contributed by atoms with Gasteiger partial charge in [-0.15, -0.1) is 12.4 Å². The summed E-state index contributed by atoms with van der Waals surface area (Å²) in [5.74, 6) is 1.00. The summed E-state index contributed by atoms with van der Waals surface area (Å²) in [7, 11) is 2.00. The van der Waals surface area contributed by atoms with Crippen LogP contribution in [0.1, 0.15) is 38.7 Å². The maximum absolute atomic E-state index is 13.0. The molecule has 1 aliphatic rings. The summed E-state index contributed by atoms with van der Waals surface area (Å²) < 4.78 is 1.02. The molecule has 1 amide bonds. The molecule has 0 atom stereocenters. The van der Waals surface area contributed by atoms with E-state index in [-0.39, 0.29) is 18.3 Å². The second kappa shape index (κ2) is 9.05. The first-order chi connectivity index (χ1) is 10.4. The summed E-state index contributed by atoms with van der Waals surface area (Å²) >= 11 is 3.50. The molecule has 3 nitrogen and oxygen atoms in total. The smallest absolute Gasteiger partial charge is 0.232 e. The second-order valence-electron chi connectivity index (χ2n) is 6.76. The van der Waals surface area contributed by atoms with Gasteiger partial charge in [0.1, 0.15) is 0 Å². The van der Waals surface area contributed by atoms with E-state index in [1.807, 2.05) is 39.1 Å². The van der Waals surface area contributed by atoms with Crippen LogP contribution in [0.4, 0.5) is 0 Å². The number of amides is 1. The minimum Gasteiger partial charge on any atom is -0.342 e. The second-order valence-corrected chi connectivity index (χ2v) is 7.68. The summed E-state index contributed by atoms with van der Waals surface area (Å²) in [5, 5.41) is 3.22. The monoisotopic (exact) mass is 402 g/mol. The van der Waals surface area contributed by atoms with Crippen molar-refractivity contribution in [1.82, 2.24) is 10.2 Å². The zero-order valence-electron chi connectivity index (χ0n) is 14.3. The molecule has 2 rings (SSSR count). The summed E-state index contributed by atoms with van der Waals surface area (Å²) in [6, 6.07) is 8.09. The number of carbonyl (C=O) groups excluding carboxylic acids is 1. The van der Waals surface area contributed by atoms with Crippen LogP contribution in [0.2, 0.25) is 0 Å². The van der Waals surface area contributed by atoms with E-state index < -0.39 is 5.41 Å². The number of nitrogens with one attached hydrogen (secondary N) is 1. The molecule has 0 saturated carbocycles. The number of halogens is 2. The highest BCUT2D eigenvalue weighted by Gasteiger charge is 2.35. The van der Waals surface area contributed by atoms with E-state index in [0.29, 0.717) is 0 Å². The first kappa shape index (κ1) is 20.5. The van der Waals surface area contributed by atoms with Gasteiger partial charge >= 0.3 is 0 Å². The molecule has 1 aromatic carbocycles. The lowest BCUT2D eigenvalue weighted by Crippen LogP contribution is -2.47. The van der Waals surface area contributed by atoms with Crippen molar-refractivity contribution in [2.45, 2.75) is 38.5 Å². The van der Waals surface area contributed by atoms with Crippen LogP contribution in [0.15, 0.2) is 28.7 Å². The Morgan fingerprint density at radius 3 is 2.57 bits per heavy atom. The normalized spacial score (nSPS) is 16.1. The SMILES string of the molecule is CNCCC1CCN(C(=O)C(C)(C)c2cccc(Br)c2)CC1.Cl. The Bertz CT molecular complexity index is 513. The van der Waals surface area contributed by atoms with Crippen molar-refractivity contribution in [1.29, 1.82) is 0 Å². The number of benzene rings is 1. The minimum atomic E-state index is -0.471. The zero-order chi connectivity index (χ0) is 16.2. The highest BCUT2D eigenvalue weighted by molar-refractivity contribution is 9.10. The van der Waals surface area contributed by atoms with Crippen LogP contribution in [-0.2, 0) is 10.2 Å². The number of likely N-dealkylation sites (tertiary alicyclic amines) is 1. The zero-order valence-corrected chi connectivity index (χ0v) is 16.7. The molecule has 1 saturated heterocycles. The first-order valence-corrected chi connectivity index (χ1v) is 8.94. The van der Waals surface area contributed by atoms with E-state index in [1.165, 1.54) is 6.42 Å². The van der Waals surface area contributed by atoms with Gasteiger partial charge in [-0.1, -0.05) is 28.1 Å². The van der Waals surface area contributed by atoms with Crippen molar-refractivity contribution in [2.24, 2.45) is 5.92 Å². The Morgan fingerprint density at radius 1 is 1.35 bits per heavy atom. The third-order valence-electron chi connectivity index (χ3n) is 4.79. The van der Waals surface area contributed by atoms with Crippen molar-refractivity contribution in [3.8, 4) is 0 Å². The van der Waals surface area contributed by atoms with Crippen LogP contribution in [0.5, 0.6) is 0 Å². The third-order valence-corrected chi connectivity index (χ3v) is 5.28. The Morgan fingerprint density at radius 2 is 2.00 bits per heavy atom. The van der Waals surface area contributed by atoms with Crippen LogP contribution >= 0.6 is 28.3 Å². The van der Waals surface area contributed by atoms with Gasteiger partial charge in [0, 0.05) is 17.6 Å². The van der Waals surface area contributed by atoms with Crippen LogP contribution in [0, 0.1) is 5.92 Å². The molecule has 1 aromatic rings. The number of hydrogen-bond donors (Lipinski definition) is 1. The van der Waals surface area contributed by atoms with Gasteiger partial charge in [-0.25, -0.2) is 0 Å². The molecule has 0 unspecified atom stereocenters.